The highest BCUT2D eigenvalue weighted by Gasteiger charge is 2.21. The first-order valence-corrected chi connectivity index (χ1v) is 8.33. The van der Waals surface area contributed by atoms with Crippen LogP contribution < -0.4 is 0 Å². The second kappa shape index (κ2) is 8.04. The van der Waals surface area contributed by atoms with E-state index >= 15 is 0 Å². The second-order valence-corrected chi connectivity index (χ2v) is 5.78. The third kappa shape index (κ3) is 3.76. The van der Waals surface area contributed by atoms with Gasteiger partial charge in [0.15, 0.2) is 11.6 Å². The zero-order valence-corrected chi connectivity index (χ0v) is 14.3. The number of carbonyl (C=O) groups is 2. The normalized spacial score (nSPS) is 10.0. The molecule has 0 N–H and O–H groups in total. The molecule has 0 radical (unpaired) electrons. The highest BCUT2D eigenvalue weighted by molar-refractivity contribution is 6.33. The van der Waals surface area contributed by atoms with Gasteiger partial charge in [-0.2, -0.15) is 0 Å². The fourth-order valence-corrected chi connectivity index (χ4v) is 2.71. The Hall–Kier alpha value is -3.52. The summed E-state index contributed by atoms with van der Waals surface area (Å²) < 4.78 is 0. The maximum Gasteiger partial charge on any atom is 0.196 e. The summed E-state index contributed by atoms with van der Waals surface area (Å²) in [5.41, 5.74) is 2.76. The van der Waals surface area contributed by atoms with Crippen LogP contribution in [0, 0.1) is 0 Å². The van der Waals surface area contributed by atoms with Gasteiger partial charge in [-0.25, -0.2) is 0 Å². The largest absolute Gasteiger partial charge is 0.288 e. The van der Waals surface area contributed by atoms with E-state index in [0.29, 0.717) is 11.1 Å². The first kappa shape index (κ1) is 17.3. The second-order valence-electron chi connectivity index (χ2n) is 5.78. The lowest BCUT2D eigenvalue weighted by Crippen LogP contribution is -2.14. The molecule has 0 fully saturated rings. The van der Waals surface area contributed by atoms with Gasteiger partial charge < -0.3 is 0 Å². The van der Waals surface area contributed by atoms with E-state index in [-0.39, 0.29) is 17.1 Å². The molecule has 126 valence electrons. The van der Waals surface area contributed by atoms with Gasteiger partial charge in [0.1, 0.15) is 0 Å². The molecule has 0 saturated heterocycles. The fraction of sp³-hybridized carbons (Fsp3) is 0. The lowest BCUT2D eigenvalue weighted by atomic mass is 9.93. The molecule has 2 heteroatoms. The molecule has 0 bridgehead atoms. The predicted molar refractivity (Wildman–Crippen MR) is 106 cm³/mol. The van der Waals surface area contributed by atoms with Crippen molar-refractivity contribution < 1.29 is 9.59 Å². The lowest BCUT2D eigenvalue weighted by molar-refractivity contribution is 0.0964. The van der Waals surface area contributed by atoms with E-state index in [1.54, 1.807) is 60.7 Å². The first-order chi connectivity index (χ1) is 12.7. The summed E-state index contributed by atoms with van der Waals surface area (Å²) in [6.45, 7) is 3.81. The number of allylic oxidation sites excluding steroid dienone is 1. The predicted octanol–water partition coefficient (Wildman–Crippen LogP) is 5.48. The first-order valence-electron chi connectivity index (χ1n) is 8.33. The fourth-order valence-electron chi connectivity index (χ4n) is 2.71. The van der Waals surface area contributed by atoms with Crippen molar-refractivity contribution in [3.63, 3.8) is 0 Å². The quantitative estimate of drug-likeness (QED) is 0.258. The molecule has 3 aromatic rings. The molecule has 0 amide bonds. The van der Waals surface area contributed by atoms with Gasteiger partial charge in [-0.15, -0.1) is 0 Å². The minimum Gasteiger partial charge on any atom is -0.288 e. The topological polar surface area (TPSA) is 34.1 Å². The van der Waals surface area contributed by atoms with Crippen molar-refractivity contribution in [3.8, 4) is 0 Å². The van der Waals surface area contributed by atoms with Gasteiger partial charge in [-0.3, -0.25) is 9.59 Å². The van der Waals surface area contributed by atoms with Crippen LogP contribution in [0.15, 0.2) is 97.1 Å². The summed E-state index contributed by atoms with van der Waals surface area (Å²) >= 11 is 0. The molecule has 0 heterocycles. The number of hydrogen-bond acceptors (Lipinski definition) is 2. The van der Waals surface area contributed by atoms with Crippen molar-refractivity contribution >= 4 is 23.7 Å². The van der Waals surface area contributed by atoms with E-state index in [9.17, 15) is 9.59 Å². The van der Waals surface area contributed by atoms with Gasteiger partial charge in [-0.1, -0.05) is 97.6 Å². The van der Waals surface area contributed by atoms with Crippen LogP contribution in [0.2, 0.25) is 0 Å². The van der Waals surface area contributed by atoms with Crippen LogP contribution in [0.4, 0.5) is 0 Å². The van der Waals surface area contributed by atoms with E-state index in [4.69, 9.17) is 0 Å². The maximum atomic E-state index is 13.0. The van der Waals surface area contributed by atoms with E-state index in [1.165, 1.54) is 0 Å². The van der Waals surface area contributed by atoms with Crippen LogP contribution in [0.25, 0.3) is 12.2 Å². The van der Waals surface area contributed by atoms with Gasteiger partial charge in [0.2, 0.25) is 0 Å². The zero-order valence-electron chi connectivity index (χ0n) is 14.3. The number of ketones is 2. The molecule has 0 aliphatic carbocycles. The van der Waals surface area contributed by atoms with Crippen molar-refractivity contribution in [1.29, 1.82) is 0 Å². The van der Waals surface area contributed by atoms with E-state index < -0.39 is 0 Å². The molecule has 0 atom stereocenters. The molecule has 0 spiro atoms. The Kier molecular flexibility index (Phi) is 5.35. The molecule has 0 aromatic heterocycles. The lowest BCUT2D eigenvalue weighted by Gasteiger charge is -2.08. The average molecular weight is 338 g/mol. The van der Waals surface area contributed by atoms with Crippen LogP contribution >= 0.6 is 0 Å². The van der Waals surface area contributed by atoms with Crippen molar-refractivity contribution in [3.05, 3.63) is 119 Å². The third-order valence-electron chi connectivity index (χ3n) is 4.08. The highest BCUT2D eigenvalue weighted by atomic mass is 16.1. The summed E-state index contributed by atoms with van der Waals surface area (Å²) in [5, 5.41) is 0. The van der Waals surface area contributed by atoms with Crippen molar-refractivity contribution in [2.24, 2.45) is 0 Å². The molecule has 0 aliphatic heterocycles. The summed E-state index contributed by atoms with van der Waals surface area (Å²) in [4.78, 5) is 26.1. The van der Waals surface area contributed by atoms with E-state index in [1.807, 2.05) is 36.4 Å². The number of Topliss-reactive ketones (excluding diaryl/α,β-unsaturated/α-hetero) is 2. The van der Waals surface area contributed by atoms with Crippen LogP contribution in [0.1, 0.15) is 31.8 Å². The van der Waals surface area contributed by atoms with Crippen LogP contribution in [-0.4, -0.2) is 11.6 Å². The Balaban J connectivity index is 2.13. The van der Waals surface area contributed by atoms with Crippen LogP contribution in [0.3, 0.4) is 0 Å². The standard InChI is InChI=1S/C24H18O2/c1-2-18-11-9-10-16-21(18)17-22(23(25)19-12-5-3-6-13-19)24(26)20-14-7-4-8-15-20/h2-17H,1H2. The van der Waals surface area contributed by atoms with Gasteiger partial charge >= 0.3 is 0 Å². The Labute approximate surface area is 153 Å². The SMILES string of the molecule is C=Cc1ccccc1C=C(C(=O)c1ccccc1)C(=O)c1ccccc1. The van der Waals surface area contributed by atoms with Crippen molar-refractivity contribution in [2.45, 2.75) is 0 Å². The molecule has 0 aliphatic rings. The maximum absolute atomic E-state index is 13.0. The summed E-state index contributed by atoms with van der Waals surface area (Å²) in [7, 11) is 0. The van der Waals surface area contributed by atoms with Crippen LogP contribution in [-0.2, 0) is 0 Å². The number of benzene rings is 3. The monoisotopic (exact) mass is 338 g/mol. The smallest absolute Gasteiger partial charge is 0.196 e. The molecule has 26 heavy (non-hydrogen) atoms. The molecule has 0 unspecified atom stereocenters. The minimum absolute atomic E-state index is 0.136. The number of carbonyl (C=O) groups excluding carboxylic acids is 2. The molecular formula is C24H18O2. The Morgan fingerprint density at radius 3 is 1.50 bits per heavy atom. The average Bonchev–Trinajstić information content (AvgIpc) is 2.72. The highest BCUT2D eigenvalue weighted by Crippen LogP contribution is 2.20. The van der Waals surface area contributed by atoms with Crippen LogP contribution in [0.5, 0.6) is 0 Å². The Morgan fingerprint density at radius 2 is 1.04 bits per heavy atom. The molecule has 3 aromatic carbocycles. The number of hydrogen-bond donors (Lipinski definition) is 0. The zero-order chi connectivity index (χ0) is 18.4. The van der Waals surface area contributed by atoms with Crippen molar-refractivity contribution in [1.82, 2.24) is 0 Å². The van der Waals surface area contributed by atoms with Gasteiger partial charge in [-0.05, 0) is 17.2 Å². The van der Waals surface area contributed by atoms with Gasteiger partial charge in [0, 0.05) is 11.1 Å². The summed E-state index contributed by atoms with van der Waals surface area (Å²) in [5.74, 6) is -0.586. The summed E-state index contributed by atoms with van der Waals surface area (Å²) in [6, 6.07) is 25.2. The van der Waals surface area contributed by atoms with E-state index in [2.05, 4.69) is 6.58 Å². The molecule has 3 rings (SSSR count). The Bertz CT molecular complexity index is 914. The van der Waals surface area contributed by atoms with Gasteiger partial charge in [0.05, 0.1) is 5.57 Å². The summed E-state index contributed by atoms with van der Waals surface area (Å²) in [6.07, 6.45) is 3.37. The third-order valence-corrected chi connectivity index (χ3v) is 4.08. The van der Waals surface area contributed by atoms with Crippen molar-refractivity contribution in [2.75, 3.05) is 0 Å². The molecule has 0 saturated carbocycles. The Morgan fingerprint density at radius 1 is 0.615 bits per heavy atom. The minimum atomic E-state index is -0.293. The molecular weight excluding hydrogens is 320 g/mol. The van der Waals surface area contributed by atoms with Gasteiger partial charge in [0.25, 0.3) is 0 Å². The molecule has 2 nitrogen and oxygen atoms in total. The van der Waals surface area contributed by atoms with E-state index in [0.717, 1.165) is 11.1 Å². The number of rotatable bonds is 6.